The van der Waals surface area contributed by atoms with Crippen molar-refractivity contribution < 1.29 is 9.53 Å². The van der Waals surface area contributed by atoms with Gasteiger partial charge in [0, 0.05) is 12.2 Å². The predicted molar refractivity (Wildman–Crippen MR) is 85.8 cm³/mol. The number of carbonyl (C=O) groups is 1. The van der Waals surface area contributed by atoms with E-state index in [0.717, 1.165) is 12.8 Å². The largest absolute Gasteiger partial charge is 0.465 e. The smallest absolute Gasteiger partial charge is 0.305 e. The van der Waals surface area contributed by atoms with Crippen LogP contribution in [-0.4, -0.2) is 18.3 Å². The lowest BCUT2D eigenvalue weighted by Crippen LogP contribution is -2.05. The van der Waals surface area contributed by atoms with E-state index in [1.165, 1.54) is 44.9 Å². The van der Waals surface area contributed by atoms with Crippen molar-refractivity contribution in [3.63, 3.8) is 0 Å². The van der Waals surface area contributed by atoms with Gasteiger partial charge in [-0.3, -0.25) is 4.79 Å². The van der Waals surface area contributed by atoms with Gasteiger partial charge in [0.25, 0.3) is 0 Å². The molecule has 19 heavy (non-hydrogen) atoms. The molecule has 0 aliphatic rings. The van der Waals surface area contributed by atoms with E-state index in [1.807, 2.05) is 0 Å². The summed E-state index contributed by atoms with van der Waals surface area (Å²) in [7, 11) is 0. The van der Waals surface area contributed by atoms with Gasteiger partial charge in [0.05, 0.1) is 0 Å². The molecule has 0 N–H and O–H groups in total. The van der Waals surface area contributed by atoms with Gasteiger partial charge in [-0.05, 0) is 25.7 Å². The molecule has 0 bridgehead atoms. The number of allylic oxidation sites excluding steroid dienone is 2. The molecule has 0 aromatic heterocycles. The summed E-state index contributed by atoms with van der Waals surface area (Å²) in [4.78, 5) is 11.2. The van der Waals surface area contributed by atoms with Gasteiger partial charge < -0.3 is 4.74 Å². The molecule has 0 unspecified atom stereocenters. The lowest BCUT2D eigenvalue weighted by atomic mass is 10.1. The van der Waals surface area contributed by atoms with Crippen LogP contribution in [0.15, 0.2) is 12.2 Å². The highest BCUT2D eigenvalue weighted by Gasteiger charge is 1.99. The Morgan fingerprint density at radius 2 is 1.63 bits per heavy atom. The Hall–Kier alpha value is -0.440. The first kappa shape index (κ1) is 18.6. The van der Waals surface area contributed by atoms with E-state index in [2.05, 4.69) is 31.7 Å². The fourth-order valence-electron chi connectivity index (χ4n) is 1.87. The molecule has 0 rings (SSSR count). The number of hydrogen-bond acceptors (Lipinski definition) is 3. The molecule has 0 aromatic rings. The standard InChI is InChI=1S/C16H30O2S/c1-2-3-4-5-6-7-8-9-10-11-12-13-16(17)18-14-15-19/h9-10,19H,2-8,11-15H2,1H3/b10-9+. The lowest BCUT2D eigenvalue weighted by molar-refractivity contribution is -0.143. The third-order valence-electron chi connectivity index (χ3n) is 3.00. The van der Waals surface area contributed by atoms with Gasteiger partial charge in [-0.25, -0.2) is 0 Å². The van der Waals surface area contributed by atoms with Crippen LogP contribution in [0.4, 0.5) is 0 Å². The van der Waals surface area contributed by atoms with Gasteiger partial charge in [-0.1, -0.05) is 51.2 Å². The maximum absolute atomic E-state index is 11.2. The molecule has 0 spiro atoms. The molecular formula is C16H30O2S. The summed E-state index contributed by atoms with van der Waals surface area (Å²) in [5.41, 5.74) is 0. The lowest BCUT2D eigenvalue weighted by Gasteiger charge is -2.01. The number of hydrogen-bond donors (Lipinski definition) is 1. The molecule has 0 aromatic carbocycles. The Balaban J connectivity index is 3.19. The second kappa shape index (κ2) is 15.6. The molecule has 0 fully saturated rings. The molecule has 112 valence electrons. The molecule has 0 saturated heterocycles. The first-order chi connectivity index (χ1) is 9.31. The van der Waals surface area contributed by atoms with E-state index in [-0.39, 0.29) is 5.97 Å². The van der Waals surface area contributed by atoms with Crippen molar-refractivity contribution in [1.82, 2.24) is 0 Å². The summed E-state index contributed by atoms with van der Waals surface area (Å²) < 4.78 is 4.94. The summed E-state index contributed by atoms with van der Waals surface area (Å²) in [6.07, 6.45) is 16.1. The van der Waals surface area contributed by atoms with Gasteiger partial charge >= 0.3 is 5.97 Å². The van der Waals surface area contributed by atoms with Crippen LogP contribution in [0.5, 0.6) is 0 Å². The zero-order valence-corrected chi connectivity index (χ0v) is 13.3. The number of rotatable bonds is 13. The van der Waals surface area contributed by atoms with Gasteiger partial charge in [0.15, 0.2) is 0 Å². The maximum Gasteiger partial charge on any atom is 0.305 e. The zero-order valence-electron chi connectivity index (χ0n) is 12.4. The van der Waals surface area contributed by atoms with Crippen LogP contribution in [0.25, 0.3) is 0 Å². The van der Waals surface area contributed by atoms with Crippen LogP contribution >= 0.6 is 12.6 Å². The molecule has 0 amide bonds. The summed E-state index contributed by atoms with van der Waals surface area (Å²) in [6.45, 7) is 2.67. The first-order valence-electron chi connectivity index (χ1n) is 7.72. The minimum absolute atomic E-state index is 0.0987. The van der Waals surface area contributed by atoms with Crippen molar-refractivity contribution in [3.05, 3.63) is 12.2 Å². The minimum Gasteiger partial charge on any atom is -0.465 e. The normalized spacial score (nSPS) is 11.1. The highest BCUT2D eigenvalue weighted by molar-refractivity contribution is 7.80. The number of thiol groups is 1. The molecule has 0 atom stereocenters. The molecule has 3 heteroatoms. The highest BCUT2D eigenvalue weighted by Crippen LogP contribution is 2.07. The second-order valence-electron chi connectivity index (χ2n) is 4.86. The van der Waals surface area contributed by atoms with E-state index >= 15 is 0 Å². The van der Waals surface area contributed by atoms with Crippen molar-refractivity contribution in [3.8, 4) is 0 Å². The molecule has 0 radical (unpaired) electrons. The molecule has 0 heterocycles. The number of ether oxygens (including phenoxy) is 1. The molecule has 2 nitrogen and oxygen atoms in total. The highest BCUT2D eigenvalue weighted by atomic mass is 32.1. The minimum atomic E-state index is -0.0987. The van der Waals surface area contributed by atoms with Crippen molar-refractivity contribution in [2.45, 2.75) is 71.1 Å². The van der Waals surface area contributed by atoms with Crippen molar-refractivity contribution >= 4 is 18.6 Å². The van der Waals surface area contributed by atoms with E-state index in [1.54, 1.807) is 0 Å². The molecular weight excluding hydrogens is 256 g/mol. The van der Waals surface area contributed by atoms with Gasteiger partial charge in [-0.15, -0.1) is 0 Å². The zero-order chi connectivity index (χ0) is 14.2. The molecule has 0 aliphatic heterocycles. The number of carbonyl (C=O) groups excluding carboxylic acids is 1. The predicted octanol–water partition coefficient (Wildman–Crippen LogP) is 4.94. The molecule has 0 aliphatic carbocycles. The van der Waals surface area contributed by atoms with E-state index in [0.29, 0.717) is 18.8 Å². The Morgan fingerprint density at radius 1 is 1.00 bits per heavy atom. The maximum atomic E-state index is 11.2. The van der Waals surface area contributed by atoms with Gasteiger partial charge in [0.1, 0.15) is 6.61 Å². The average Bonchev–Trinajstić information content (AvgIpc) is 2.42. The Labute approximate surface area is 124 Å². The summed E-state index contributed by atoms with van der Waals surface area (Å²) in [5, 5.41) is 0. The van der Waals surface area contributed by atoms with Crippen LogP contribution < -0.4 is 0 Å². The molecule has 0 saturated carbocycles. The van der Waals surface area contributed by atoms with Crippen LogP contribution in [0.3, 0.4) is 0 Å². The van der Waals surface area contributed by atoms with Crippen LogP contribution in [0, 0.1) is 0 Å². The van der Waals surface area contributed by atoms with Crippen LogP contribution in [0.1, 0.15) is 71.1 Å². The van der Waals surface area contributed by atoms with E-state index in [9.17, 15) is 4.79 Å². The number of esters is 1. The van der Waals surface area contributed by atoms with Crippen LogP contribution in [0.2, 0.25) is 0 Å². The van der Waals surface area contributed by atoms with Crippen molar-refractivity contribution in [2.75, 3.05) is 12.4 Å². The average molecular weight is 286 g/mol. The van der Waals surface area contributed by atoms with E-state index in [4.69, 9.17) is 4.74 Å². The number of unbranched alkanes of at least 4 members (excludes halogenated alkanes) is 7. The van der Waals surface area contributed by atoms with Crippen molar-refractivity contribution in [1.29, 1.82) is 0 Å². The fraction of sp³-hybridized carbons (Fsp3) is 0.812. The topological polar surface area (TPSA) is 26.3 Å². The fourth-order valence-corrected chi connectivity index (χ4v) is 1.97. The Kier molecular flexibility index (Phi) is 15.3. The third kappa shape index (κ3) is 15.5. The van der Waals surface area contributed by atoms with Gasteiger partial charge in [0.2, 0.25) is 0 Å². The summed E-state index contributed by atoms with van der Waals surface area (Å²) in [5.74, 6) is 0.502. The van der Waals surface area contributed by atoms with E-state index < -0.39 is 0 Å². The Bertz CT molecular complexity index is 227. The monoisotopic (exact) mass is 286 g/mol. The second-order valence-corrected chi connectivity index (χ2v) is 5.31. The van der Waals surface area contributed by atoms with Crippen molar-refractivity contribution in [2.24, 2.45) is 0 Å². The first-order valence-corrected chi connectivity index (χ1v) is 8.36. The SMILES string of the molecule is CCCCCCCC/C=C/CCCC(=O)OCCS. The van der Waals surface area contributed by atoms with Gasteiger partial charge in [-0.2, -0.15) is 12.6 Å². The Morgan fingerprint density at radius 3 is 2.32 bits per heavy atom. The third-order valence-corrected chi connectivity index (χ3v) is 3.18. The quantitative estimate of drug-likeness (QED) is 0.225. The van der Waals surface area contributed by atoms with Crippen LogP contribution in [-0.2, 0) is 9.53 Å². The summed E-state index contributed by atoms with van der Waals surface area (Å²) in [6, 6.07) is 0. The summed E-state index contributed by atoms with van der Waals surface area (Å²) >= 11 is 3.99.